The Morgan fingerprint density at radius 1 is 1.62 bits per heavy atom. The Balaban J connectivity index is 2.69. The van der Waals surface area contributed by atoms with Crippen LogP contribution in [0.25, 0.3) is 0 Å². The average Bonchev–Trinajstić information content (AvgIpc) is 2.51. The molecule has 13 heavy (non-hydrogen) atoms. The van der Waals surface area contributed by atoms with Crippen molar-refractivity contribution in [3.05, 3.63) is 20.8 Å². The van der Waals surface area contributed by atoms with Crippen LogP contribution in [-0.2, 0) is 4.74 Å². The standard InChI is InChI=1S/C9H14BrNOS/c1-3-11-9(4-12-2)7-5-13-6-8(7)10/h5-6,9,11H,3-4H2,1-2H3. The van der Waals surface area contributed by atoms with Crippen molar-refractivity contribution < 1.29 is 4.74 Å². The van der Waals surface area contributed by atoms with Crippen LogP contribution in [0, 0.1) is 0 Å². The molecule has 74 valence electrons. The van der Waals surface area contributed by atoms with Gasteiger partial charge in [-0.2, -0.15) is 11.3 Å². The van der Waals surface area contributed by atoms with Crippen LogP contribution in [0.3, 0.4) is 0 Å². The molecular weight excluding hydrogens is 250 g/mol. The van der Waals surface area contributed by atoms with E-state index in [2.05, 4.69) is 38.9 Å². The summed E-state index contributed by atoms with van der Waals surface area (Å²) < 4.78 is 6.32. The minimum absolute atomic E-state index is 0.302. The van der Waals surface area contributed by atoms with E-state index in [9.17, 15) is 0 Å². The van der Waals surface area contributed by atoms with E-state index in [1.165, 1.54) is 10.0 Å². The third-order valence-electron chi connectivity index (χ3n) is 1.80. The van der Waals surface area contributed by atoms with Gasteiger partial charge in [-0.15, -0.1) is 0 Å². The summed E-state index contributed by atoms with van der Waals surface area (Å²) in [7, 11) is 1.73. The lowest BCUT2D eigenvalue weighted by Crippen LogP contribution is -2.24. The zero-order chi connectivity index (χ0) is 9.68. The maximum atomic E-state index is 5.16. The highest BCUT2D eigenvalue weighted by molar-refractivity contribution is 9.10. The monoisotopic (exact) mass is 263 g/mol. The van der Waals surface area contributed by atoms with Gasteiger partial charge in [0.2, 0.25) is 0 Å². The number of thiophene rings is 1. The summed E-state index contributed by atoms with van der Waals surface area (Å²) in [6, 6.07) is 0.302. The zero-order valence-electron chi connectivity index (χ0n) is 7.84. The molecule has 0 fully saturated rings. The van der Waals surface area contributed by atoms with Crippen LogP contribution < -0.4 is 5.32 Å². The molecule has 4 heteroatoms. The van der Waals surface area contributed by atoms with E-state index >= 15 is 0 Å². The highest BCUT2D eigenvalue weighted by atomic mass is 79.9. The summed E-state index contributed by atoms with van der Waals surface area (Å²) in [5.74, 6) is 0. The molecule has 0 bridgehead atoms. The van der Waals surface area contributed by atoms with Crippen molar-refractivity contribution in [2.45, 2.75) is 13.0 Å². The van der Waals surface area contributed by atoms with Gasteiger partial charge in [-0.05, 0) is 33.4 Å². The van der Waals surface area contributed by atoms with E-state index < -0.39 is 0 Å². The lowest BCUT2D eigenvalue weighted by molar-refractivity contribution is 0.167. The lowest BCUT2D eigenvalue weighted by atomic mass is 10.1. The van der Waals surface area contributed by atoms with Crippen molar-refractivity contribution in [3.63, 3.8) is 0 Å². The highest BCUT2D eigenvalue weighted by Crippen LogP contribution is 2.27. The first-order valence-electron chi connectivity index (χ1n) is 4.23. The van der Waals surface area contributed by atoms with Crippen LogP contribution in [0.15, 0.2) is 15.2 Å². The Bertz CT molecular complexity index is 246. The predicted octanol–water partition coefficient (Wildman–Crippen LogP) is 2.81. The molecule has 0 aromatic carbocycles. The van der Waals surface area contributed by atoms with E-state index in [1.807, 2.05) is 0 Å². The Kier molecular flexibility index (Phi) is 4.94. The molecule has 1 N–H and O–H groups in total. The third-order valence-corrected chi connectivity index (χ3v) is 3.55. The Morgan fingerprint density at radius 2 is 2.38 bits per heavy atom. The van der Waals surface area contributed by atoms with Crippen LogP contribution in [0.1, 0.15) is 18.5 Å². The van der Waals surface area contributed by atoms with Gasteiger partial charge in [0, 0.05) is 17.0 Å². The van der Waals surface area contributed by atoms with E-state index in [-0.39, 0.29) is 0 Å². The second-order valence-corrected chi connectivity index (χ2v) is 4.34. The number of methoxy groups -OCH3 is 1. The molecule has 1 rings (SSSR count). The number of halogens is 1. The number of ether oxygens (including phenoxy) is 1. The fraction of sp³-hybridized carbons (Fsp3) is 0.556. The molecule has 0 saturated carbocycles. The predicted molar refractivity (Wildman–Crippen MR) is 60.3 cm³/mol. The van der Waals surface area contributed by atoms with E-state index in [4.69, 9.17) is 4.74 Å². The molecule has 0 spiro atoms. The van der Waals surface area contributed by atoms with E-state index in [0.717, 1.165) is 6.54 Å². The van der Waals surface area contributed by atoms with Gasteiger partial charge in [0.05, 0.1) is 12.6 Å². The van der Waals surface area contributed by atoms with Gasteiger partial charge in [0.15, 0.2) is 0 Å². The van der Waals surface area contributed by atoms with Gasteiger partial charge in [-0.3, -0.25) is 0 Å². The SMILES string of the molecule is CCNC(COC)c1cscc1Br. The van der Waals surface area contributed by atoms with Gasteiger partial charge in [-0.25, -0.2) is 0 Å². The van der Waals surface area contributed by atoms with Crippen molar-refractivity contribution in [2.24, 2.45) is 0 Å². The molecule has 0 aliphatic carbocycles. The Labute approximate surface area is 91.4 Å². The number of nitrogens with one attached hydrogen (secondary N) is 1. The molecular formula is C9H14BrNOS. The normalized spacial score (nSPS) is 13.2. The molecule has 2 nitrogen and oxygen atoms in total. The van der Waals surface area contributed by atoms with Crippen molar-refractivity contribution in [1.29, 1.82) is 0 Å². The molecule has 1 aromatic rings. The van der Waals surface area contributed by atoms with Crippen LogP contribution >= 0.6 is 27.3 Å². The molecule has 1 unspecified atom stereocenters. The summed E-state index contributed by atoms with van der Waals surface area (Å²) in [6.45, 7) is 3.77. The first-order chi connectivity index (χ1) is 6.29. The van der Waals surface area contributed by atoms with Crippen molar-refractivity contribution >= 4 is 27.3 Å². The minimum Gasteiger partial charge on any atom is -0.383 e. The van der Waals surface area contributed by atoms with Crippen molar-refractivity contribution in [3.8, 4) is 0 Å². The van der Waals surface area contributed by atoms with Crippen LogP contribution in [0.5, 0.6) is 0 Å². The Morgan fingerprint density at radius 3 is 2.85 bits per heavy atom. The van der Waals surface area contributed by atoms with Crippen LogP contribution in [0.2, 0.25) is 0 Å². The number of hydrogen-bond acceptors (Lipinski definition) is 3. The molecule has 1 aromatic heterocycles. The third kappa shape index (κ3) is 3.06. The molecule has 0 aliphatic rings. The van der Waals surface area contributed by atoms with Gasteiger partial charge in [-0.1, -0.05) is 6.92 Å². The summed E-state index contributed by atoms with van der Waals surface area (Å²) in [5.41, 5.74) is 1.29. The number of likely N-dealkylation sites (N-methyl/N-ethyl adjacent to an activating group) is 1. The van der Waals surface area contributed by atoms with Crippen LogP contribution in [-0.4, -0.2) is 20.3 Å². The molecule has 0 amide bonds. The molecule has 0 saturated heterocycles. The molecule has 0 aliphatic heterocycles. The number of rotatable bonds is 5. The fourth-order valence-electron chi connectivity index (χ4n) is 1.21. The van der Waals surface area contributed by atoms with Gasteiger partial charge in [0.25, 0.3) is 0 Å². The molecule has 1 heterocycles. The van der Waals surface area contributed by atoms with Gasteiger partial charge in [0.1, 0.15) is 0 Å². The van der Waals surface area contributed by atoms with Gasteiger partial charge >= 0.3 is 0 Å². The summed E-state index contributed by atoms with van der Waals surface area (Å²) >= 11 is 5.23. The molecule has 1 atom stereocenters. The smallest absolute Gasteiger partial charge is 0.0658 e. The Hall–Kier alpha value is 0.100. The average molecular weight is 264 g/mol. The van der Waals surface area contributed by atoms with Crippen molar-refractivity contribution in [2.75, 3.05) is 20.3 Å². The topological polar surface area (TPSA) is 21.3 Å². The van der Waals surface area contributed by atoms with E-state index in [0.29, 0.717) is 12.6 Å². The number of hydrogen-bond donors (Lipinski definition) is 1. The van der Waals surface area contributed by atoms with E-state index in [1.54, 1.807) is 18.4 Å². The van der Waals surface area contributed by atoms with Crippen molar-refractivity contribution in [1.82, 2.24) is 5.32 Å². The second kappa shape index (κ2) is 5.75. The minimum atomic E-state index is 0.302. The maximum absolute atomic E-state index is 5.16. The fourth-order valence-corrected chi connectivity index (χ4v) is 2.84. The summed E-state index contributed by atoms with van der Waals surface area (Å²) in [5, 5.41) is 7.62. The lowest BCUT2D eigenvalue weighted by Gasteiger charge is -2.16. The summed E-state index contributed by atoms with van der Waals surface area (Å²) in [4.78, 5) is 0. The van der Waals surface area contributed by atoms with Crippen LogP contribution in [0.4, 0.5) is 0 Å². The molecule has 0 radical (unpaired) electrons. The zero-order valence-corrected chi connectivity index (χ0v) is 10.2. The highest BCUT2D eigenvalue weighted by Gasteiger charge is 2.13. The largest absolute Gasteiger partial charge is 0.383 e. The summed E-state index contributed by atoms with van der Waals surface area (Å²) in [6.07, 6.45) is 0. The first kappa shape index (κ1) is 11.2. The maximum Gasteiger partial charge on any atom is 0.0658 e. The van der Waals surface area contributed by atoms with Gasteiger partial charge < -0.3 is 10.1 Å². The first-order valence-corrected chi connectivity index (χ1v) is 5.97. The second-order valence-electron chi connectivity index (χ2n) is 2.74. The quantitative estimate of drug-likeness (QED) is 0.883.